The molecule has 0 N–H and O–H groups in total. The third kappa shape index (κ3) is 9.88. The summed E-state index contributed by atoms with van der Waals surface area (Å²) >= 11 is 0. The van der Waals surface area contributed by atoms with E-state index in [4.69, 9.17) is 18.5 Å². The van der Waals surface area contributed by atoms with Gasteiger partial charge in [0, 0.05) is 0 Å². The largest absolute Gasteiger partial charge is 0.508 e. The van der Waals surface area contributed by atoms with E-state index in [-0.39, 0.29) is 24.5 Å². The quantitative estimate of drug-likeness (QED) is 0.337. The van der Waals surface area contributed by atoms with Crippen molar-refractivity contribution in [3.8, 4) is 0 Å². The summed E-state index contributed by atoms with van der Waals surface area (Å²) in [5, 5.41) is 0. The van der Waals surface area contributed by atoms with Crippen molar-refractivity contribution >= 4 is 13.8 Å². The lowest BCUT2D eigenvalue weighted by atomic mass is 10.3. The van der Waals surface area contributed by atoms with Gasteiger partial charge in [-0.05, 0) is 40.5 Å². The highest BCUT2D eigenvalue weighted by Gasteiger charge is 2.30. The molecule has 0 saturated carbocycles. The summed E-state index contributed by atoms with van der Waals surface area (Å²) in [6.07, 6.45) is 0.250. The average molecular weight is 324 g/mol. The minimum Gasteiger partial charge on any atom is -0.434 e. The van der Waals surface area contributed by atoms with Gasteiger partial charge in [-0.1, -0.05) is 13.8 Å². The second-order valence-electron chi connectivity index (χ2n) is 5.59. The molecule has 1 atom stereocenters. The van der Waals surface area contributed by atoms with Crippen LogP contribution in [-0.2, 0) is 23.1 Å². The molecule has 0 aliphatic carbocycles. The third-order valence-corrected chi connectivity index (χ3v) is 4.87. The van der Waals surface area contributed by atoms with Gasteiger partial charge < -0.3 is 18.5 Å². The Bertz CT molecular complexity index is 340. The van der Waals surface area contributed by atoms with Crippen LogP contribution in [0.4, 0.5) is 4.79 Å². The van der Waals surface area contributed by atoms with E-state index in [1.807, 2.05) is 27.7 Å². The van der Waals surface area contributed by atoms with E-state index in [1.165, 1.54) is 0 Å². The molecule has 6 nitrogen and oxygen atoms in total. The van der Waals surface area contributed by atoms with Crippen LogP contribution < -0.4 is 0 Å². The lowest BCUT2D eigenvalue weighted by Crippen LogP contribution is -2.14. The van der Waals surface area contributed by atoms with Crippen LogP contribution >= 0.6 is 7.60 Å². The Morgan fingerprint density at radius 1 is 0.952 bits per heavy atom. The molecule has 0 bridgehead atoms. The second-order valence-corrected chi connectivity index (χ2v) is 8.17. The van der Waals surface area contributed by atoms with Crippen LogP contribution in [-0.4, -0.2) is 37.2 Å². The van der Waals surface area contributed by atoms with Crippen LogP contribution in [0, 0.1) is 0 Å². The van der Waals surface area contributed by atoms with Gasteiger partial charge in [0.2, 0.25) is 0 Å². The fourth-order valence-electron chi connectivity index (χ4n) is 1.37. The highest BCUT2D eigenvalue weighted by molar-refractivity contribution is 7.54. The number of carbonyl (C=O) groups is 1. The number of carbonyl (C=O) groups excluding carboxylic acids is 1. The van der Waals surface area contributed by atoms with E-state index in [1.54, 1.807) is 13.8 Å². The Morgan fingerprint density at radius 3 is 2.00 bits per heavy atom. The van der Waals surface area contributed by atoms with Gasteiger partial charge in [0.25, 0.3) is 0 Å². The van der Waals surface area contributed by atoms with Gasteiger partial charge in [0.15, 0.2) is 0 Å². The van der Waals surface area contributed by atoms with E-state index in [9.17, 15) is 9.36 Å². The second kappa shape index (κ2) is 10.2. The van der Waals surface area contributed by atoms with Crippen LogP contribution in [0.1, 0.15) is 54.4 Å². The van der Waals surface area contributed by atoms with E-state index in [0.29, 0.717) is 19.4 Å². The first-order chi connectivity index (χ1) is 9.67. The Hall–Kier alpha value is -0.580. The molecule has 1 unspecified atom stereocenters. The van der Waals surface area contributed by atoms with Gasteiger partial charge in [-0.15, -0.1) is 0 Å². The summed E-state index contributed by atoms with van der Waals surface area (Å²) < 4.78 is 33.0. The molecular formula is C14H29O6P. The maximum Gasteiger partial charge on any atom is 0.508 e. The standard InChI is InChI=1S/C14H29O6P/c1-11(2)19-14(15)17-9-7-8-10-18-21(16,13(5)6)20-12(3)4/h11-13H,7-10H2,1-6H3. The van der Waals surface area contributed by atoms with Crippen molar-refractivity contribution in [1.82, 2.24) is 0 Å². The van der Waals surface area contributed by atoms with Crippen molar-refractivity contribution in [2.45, 2.75) is 72.3 Å². The smallest absolute Gasteiger partial charge is 0.434 e. The van der Waals surface area contributed by atoms with Crippen LogP contribution in [0.3, 0.4) is 0 Å². The van der Waals surface area contributed by atoms with Gasteiger partial charge in [-0.3, -0.25) is 4.57 Å². The van der Waals surface area contributed by atoms with Crippen molar-refractivity contribution in [2.24, 2.45) is 0 Å². The predicted octanol–water partition coefficient (Wildman–Crippen LogP) is 4.37. The lowest BCUT2D eigenvalue weighted by molar-refractivity contribution is 0.0329. The van der Waals surface area contributed by atoms with Gasteiger partial charge in [-0.2, -0.15) is 0 Å². The van der Waals surface area contributed by atoms with Crippen LogP contribution in [0.15, 0.2) is 0 Å². The topological polar surface area (TPSA) is 71.1 Å². The van der Waals surface area contributed by atoms with E-state index >= 15 is 0 Å². The third-order valence-electron chi connectivity index (χ3n) is 2.35. The van der Waals surface area contributed by atoms with Crippen LogP contribution in [0.25, 0.3) is 0 Å². The SMILES string of the molecule is CC(C)OC(=O)OCCCCOP(=O)(OC(C)C)C(C)C. The number of hydrogen-bond acceptors (Lipinski definition) is 6. The highest BCUT2D eigenvalue weighted by Crippen LogP contribution is 2.53. The summed E-state index contributed by atoms with van der Waals surface area (Å²) in [7, 11) is -3.07. The summed E-state index contributed by atoms with van der Waals surface area (Å²) in [6, 6.07) is 0. The number of ether oxygens (including phenoxy) is 2. The first-order valence-corrected chi connectivity index (χ1v) is 9.04. The molecule has 0 aliphatic heterocycles. The zero-order chi connectivity index (χ0) is 16.5. The van der Waals surface area contributed by atoms with Crippen LogP contribution in [0.5, 0.6) is 0 Å². The minimum atomic E-state index is -3.07. The maximum atomic E-state index is 12.4. The minimum absolute atomic E-state index is 0.146. The fourth-order valence-corrected chi connectivity index (χ4v) is 2.95. The molecule has 0 spiro atoms. The zero-order valence-electron chi connectivity index (χ0n) is 14.0. The summed E-state index contributed by atoms with van der Waals surface area (Å²) in [5.74, 6) is 0. The maximum absolute atomic E-state index is 12.4. The molecule has 7 heteroatoms. The predicted molar refractivity (Wildman–Crippen MR) is 81.7 cm³/mol. The molecule has 0 aromatic heterocycles. The number of unbranched alkanes of at least 4 members (excludes halogenated alkanes) is 1. The molecular weight excluding hydrogens is 295 g/mol. The first kappa shape index (κ1) is 20.4. The highest BCUT2D eigenvalue weighted by atomic mass is 31.2. The molecule has 0 aromatic carbocycles. The Kier molecular flexibility index (Phi) is 9.92. The summed E-state index contributed by atoms with van der Waals surface area (Å²) in [6.45, 7) is 11.4. The number of rotatable bonds is 10. The molecule has 0 heterocycles. The van der Waals surface area contributed by atoms with Gasteiger partial charge in [-0.25, -0.2) is 4.79 Å². The van der Waals surface area contributed by atoms with Gasteiger partial charge in [0.1, 0.15) is 0 Å². The molecule has 21 heavy (non-hydrogen) atoms. The molecule has 126 valence electrons. The zero-order valence-corrected chi connectivity index (χ0v) is 14.9. The van der Waals surface area contributed by atoms with E-state index < -0.39 is 13.8 Å². The lowest BCUT2D eigenvalue weighted by Gasteiger charge is -2.23. The molecule has 0 radical (unpaired) electrons. The van der Waals surface area contributed by atoms with Crippen molar-refractivity contribution in [3.63, 3.8) is 0 Å². The van der Waals surface area contributed by atoms with Crippen molar-refractivity contribution in [1.29, 1.82) is 0 Å². The number of hydrogen-bond donors (Lipinski definition) is 0. The molecule has 0 saturated heterocycles. The normalized spacial score (nSPS) is 14.5. The molecule has 0 aliphatic rings. The Balaban J connectivity index is 3.87. The first-order valence-electron chi connectivity index (χ1n) is 7.43. The van der Waals surface area contributed by atoms with Crippen molar-refractivity contribution in [3.05, 3.63) is 0 Å². The van der Waals surface area contributed by atoms with Crippen molar-refractivity contribution in [2.75, 3.05) is 13.2 Å². The fraction of sp³-hybridized carbons (Fsp3) is 0.929. The summed E-state index contributed by atoms with van der Waals surface area (Å²) in [5.41, 5.74) is -0.183. The molecule has 0 rings (SSSR count). The Morgan fingerprint density at radius 2 is 1.52 bits per heavy atom. The van der Waals surface area contributed by atoms with Crippen molar-refractivity contribution < 1.29 is 27.9 Å². The molecule has 0 fully saturated rings. The van der Waals surface area contributed by atoms with E-state index in [2.05, 4.69) is 0 Å². The molecule has 0 aromatic rings. The van der Waals surface area contributed by atoms with Crippen LogP contribution in [0.2, 0.25) is 0 Å². The monoisotopic (exact) mass is 324 g/mol. The van der Waals surface area contributed by atoms with Gasteiger partial charge >= 0.3 is 13.8 Å². The van der Waals surface area contributed by atoms with Gasteiger partial charge in [0.05, 0.1) is 31.1 Å². The summed E-state index contributed by atoms with van der Waals surface area (Å²) in [4.78, 5) is 11.1. The Labute approximate surface area is 128 Å². The van der Waals surface area contributed by atoms with E-state index in [0.717, 1.165) is 0 Å². The average Bonchev–Trinajstić information content (AvgIpc) is 2.31. The molecule has 0 amide bonds.